The maximum absolute atomic E-state index is 12.8. The van der Waals surface area contributed by atoms with Gasteiger partial charge >= 0.3 is 0 Å². The SMILES string of the molecule is CC1=C(C)c2c(c(=O)c3ccccc3n2CCCBr)CC1. The molecular formula is C18H20BrNO. The largest absolute Gasteiger partial charge is 0.340 e. The van der Waals surface area contributed by atoms with E-state index in [0.29, 0.717) is 0 Å². The van der Waals surface area contributed by atoms with Gasteiger partial charge in [-0.15, -0.1) is 0 Å². The van der Waals surface area contributed by atoms with Gasteiger partial charge in [-0.3, -0.25) is 4.79 Å². The molecule has 0 saturated heterocycles. The lowest BCUT2D eigenvalue weighted by Gasteiger charge is -2.25. The van der Waals surface area contributed by atoms with Crippen molar-refractivity contribution in [1.82, 2.24) is 4.57 Å². The predicted molar refractivity (Wildman–Crippen MR) is 93.2 cm³/mol. The molecule has 1 heterocycles. The van der Waals surface area contributed by atoms with Gasteiger partial charge in [0.1, 0.15) is 0 Å². The molecule has 2 aromatic rings. The van der Waals surface area contributed by atoms with Gasteiger partial charge in [-0.2, -0.15) is 0 Å². The molecular weight excluding hydrogens is 326 g/mol. The smallest absolute Gasteiger partial charge is 0.193 e. The zero-order chi connectivity index (χ0) is 15.0. The number of hydrogen-bond donors (Lipinski definition) is 0. The number of allylic oxidation sites excluding steroid dienone is 2. The van der Waals surface area contributed by atoms with Crippen LogP contribution in [0.1, 0.15) is 37.9 Å². The molecule has 2 nitrogen and oxygen atoms in total. The number of halogens is 1. The first-order chi connectivity index (χ1) is 10.1. The molecule has 110 valence electrons. The van der Waals surface area contributed by atoms with Crippen LogP contribution in [0.15, 0.2) is 34.6 Å². The minimum Gasteiger partial charge on any atom is -0.340 e. The van der Waals surface area contributed by atoms with Gasteiger partial charge in [0, 0.05) is 22.8 Å². The van der Waals surface area contributed by atoms with Crippen molar-refractivity contribution in [2.45, 2.75) is 39.7 Å². The van der Waals surface area contributed by atoms with Crippen LogP contribution in [0.2, 0.25) is 0 Å². The highest BCUT2D eigenvalue weighted by Gasteiger charge is 2.22. The van der Waals surface area contributed by atoms with Crippen LogP contribution in [0.25, 0.3) is 16.5 Å². The van der Waals surface area contributed by atoms with E-state index < -0.39 is 0 Å². The first kappa shape index (κ1) is 14.6. The van der Waals surface area contributed by atoms with Gasteiger partial charge in [-0.25, -0.2) is 0 Å². The zero-order valence-electron chi connectivity index (χ0n) is 12.6. The van der Waals surface area contributed by atoms with E-state index >= 15 is 0 Å². The van der Waals surface area contributed by atoms with Crippen molar-refractivity contribution in [1.29, 1.82) is 0 Å². The third-order valence-electron chi connectivity index (χ3n) is 4.53. The molecule has 0 bridgehead atoms. The zero-order valence-corrected chi connectivity index (χ0v) is 14.2. The second kappa shape index (κ2) is 5.80. The molecule has 1 aliphatic carbocycles. The molecule has 1 aliphatic rings. The minimum absolute atomic E-state index is 0.225. The highest BCUT2D eigenvalue weighted by atomic mass is 79.9. The maximum atomic E-state index is 12.8. The summed E-state index contributed by atoms with van der Waals surface area (Å²) in [4.78, 5) is 12.8. The normalized spacial score (nSPS) is 14.6. The fraction of sp³-hybridized carbons (Fsp3) is 0.389. The number of benzene rings is 1. The second-order valence-electron chi connectivity index (χ2n) is 5.77. The predicted octanol–water partition coefficient (Wildman–Crippen LogP) is 4.53. The lowest BCUT2D eigenvalue weighted by Crippen LogP contribution is -2.23. The van der Waals surface area contributed by atoms with Crippen molar-refractivity contribution in [2.24, 2.45) is 0 Å². The van der Waals surface area contributed by atoms with Crippen molar-refractivity contribution in [2.75, 3.05) is 5.33 Å². The van der Waals surface area contributed by atoms with Crippen molar-refractivity contribution in [3.63, 3.8) is 0 Å². The second-order valence-corrected chi connectivity index (χ2v) is 6.57. The Kier molecular flexibility index (Phi) is 4.03. The van der Waals surface area contributed by atoms with Crippen molar-refractivity contribution < 1.29 is 0 Å². The van der Waals surface area contributed by atoms with Crippen LogP contribution in [-0.2, 0) is 13.0 Å². The minimum atomic E-state index is 0.225. The molecule has 0 unspecified atom stereocenters. The van der Waals surface area contributed by atoms with Crippen LogP contribution in [0.5, 0.6) is 0 Å². The van der Waals surface area contributed by atoms with Gasteiger partial charge in [-0.05, 0) is 50.8 Å². The average molecular weight is 346 g/mol. The summed E-state index contributed by atoms with van der Waals surface area (Å²) in [5.41, 5.74) is 6.16. The topological polar surface area (TPSA) is 22.0 Å². The van der Waals surface area contributed by atoms with E-state index in [0.717, 1.165) is 47.6 Å². The van der Waals surface area contributed by atoms with Crippen LogP contribution in [0.3, 0.4) is 0 Å². The monoisotopic (exact) mass is 345 g/mol. The van der Waals surface area contributed by atoms with Crippen molar-refractivity contribution in [3.8, 4) is 0 Å². The van der Waals surface area contributed by atoms with Gasteiger partial charge in [0.15, 0.2) is 5.43 Å². The van der Waals surface area contributed by atoms with Gasteiger partial charge in [0.05, 0.1) is 11.2 Å². The summed E-state index contributed by atoms with van der Waals surface area (Å²) < 4.78 is 2.35. The molecule has 21 heavy (non-hydrogen) atoms. The highest BCUT2D eigenvalue weighted by molar-refractivity contribution is 9.09. The van der Waals surface area contributed by atoms with Gasteiger partial charge in [0.2, 0.25) is 0 Å². The molecule has 0 radical (unpaired) electrons. The van der Waals surface area contributed by atoms with E-state index in [4.69, 9.17) is 0 Å². The highest BCUT2D eigenvalue weighted by Crippen LogP contribution is 2.31. The number of nitrogens with zero attached hydrogens (tertiary/aromatic N) is 1. The summed E-state index contributed by atoms with van der Waals surface area (Å²) in [5.74, 6) is 0. The maximum Gasteiger partial charge on any atom is 0.193 e. The number of para-hydroxylation sites is 1. The molecule has 0 saturated carbocycles. The summed E-state index contributed by atoms with van der Waals surface area (Å²) in [7, 11) is 0. The van der Waals surface area contributed by atoms with E-state index in [1.54, 1.807) is 0 Å². The standard InChI is InChI=1S/C18H20BrNO/c1-12-8-9-15-17(13(12)2)20(11-5-10-19)16-7-4-3-6-14(16)18(15)21/h3-4,6-7H,5,8-11H2,1-2H3. The molecule has 0 fully saturated rings. The summed E-state index contributed by atoms with van der Waals surface area (Å²) in [6, 6.07) is 8.01. The fourth-order valence-electron chi connectivity index (χ4n) is 3.27. The summed E-state index contributed by atoms with van der Waals surface area (Å²) in [5, 5.41) is 1.84. The Hall–Kier alpha value is -1.35. The van der Waals surface area contributed by atoms with Crippen LogP contribution >= 0.6 is 15.9 Å². The molecule has 1 aromatic heterocycles. The number of hydrogen-bond acceptors (Lipinski definition) is 1. The molecule has 3 heteroatoms. The van der Waals surface area contributed by atoms with Crippen LogP contribution in [0.4, 0.5) is 0 Å². The molecule has 0 N–H and O–H groups in total. The first-order valence-corrected chi connectivity index (χ1v) is 8.64. The molecule has 1 aromatic carbocycles. The Morgan fingerprint density at radius 3 is 2.71 bits per heavy atom. The number of aryl methyl sites for hydroxylation is 1. The van der Waals surface area contributed by atoms with E-state index in [-0.39, 0.29) is 5.43 Å². The number of alkyl halides is 1. The quantitative estimate of drug-likeness (QED) is 0.749. The number of fused-ring (bicyclic) bond motifs is 2. The summed E-state index contributed by atoms with van der Waals surface area (Å²) in [6.07, 6.45) is 2.94. The number of pyridine rings is 1. The molecule has 0 spiro atoms. The van der Waals surface area contributed by atoms with Gasteiger partial charge in [-0.1, -0.05) is 33.6 Å². The lowest BCUT2D eigenvalue weighted by molar-refractivity contribution is 0.682. The summed E-state index contributed by atoms with van der Waals surface area (Å²) in [6.45, 7) is 5.29. The molecule has 0 atom stereocenters. The van der Waals surface area contributed by atoms with Crippen molar-refractivity contribution >= 4 is 32.4 Å². The van der Waals surface area contributed by atoms with Gasteiger partial charge < -0.3 is 4.57 Å². The molecule has 0 aliphatic heterocycles. The lowest BCUT2D eigenvalue weighted by atomic mass is 9.89. The summed E-state index contributed by atoms with van der Waals surface area (Å²) >= 11 is 3.52. The number of aromatic nitrogens is 1. The van der Waals surface area contributed by atoms with Crippen molar-refractivity contribution in [3.05, 3.63) is 51.3 Å². The van der Waals surface area contributed by atoms with E-state index in [2.05, 4.69) is 40.4 Å². The van der Waals surface area contributed by atoms with Crippen LogP contribution in [-0.4, -0.2) is 9.90 Å². The van der Waals surface area contributed by atoms with E-state index in [1.165, 1.54) is 16.8 Å². The van der Waals surface area contributed by atoms with Crippen LogP contribution in [0, 0.1) is 0 Å². The average Bonchev–Trinajstić information content (AvgIpc) is 2.51. The first-order valence-electron chi connectivity index (χ1n) is 7.52. The third-order valence-corrected chi connectivity index (χ3v) is 5.09. The Morgan fingerprint density at radius 2 is 1.95 bits per heavy atom. The Labute approximate surface area is 133 Å². The van der Waals surface area contributed by atoms with Gasteiger partial charge in [0.25, 0.3) is 0 Å². The Bertz CT molecular complexity index is 786. The Balaban J connectivity index is 2.40. The molecule has 0 amide bonds. The van der Waals surface area contributed by atoms with Crippen LogP contribution < -0.4 is 5.43 Å². The molecule has 3 rings (SSSR count). The van der Waals surface area contributed by atoms with E-state index in [1.807, 2.05) is 18.2 Å². The Morgan fingerprint density at radius 1 is 1.19 bits per heavy atom. The third kappa shape index (κ3) is 2.38. The number of rotatable bonds is 3. The fourth-order valence-corrected chi connectivity index (χ4v) is 3.52. The van der Waals surface area contributed by atoms with E-state index in [9.17, 15) is 4.79 Å².